The van der Waals surface area contributed by atoms with Gasteiger partial charge in [0.25, 0.3) is 0 Å². The third-order valence-electron chi connectivity index (χ3n) is 11.1. The number of anilines is 1. The van der Waals surface area contributed by atoms with Gasteiger partial charge in [0.05, 0.1) is 34.0 Å². The molecule has 1 amide bonds. The van der Waals surface area contributed by atoms with Crippen LogP contribution in [0.2, 0.25) is 0 Å². The minimum absolute atomic E-state index is 0.0308. The number of nitrogens with one attached hydrogen (secondary N) is 1. The fourth-order valence-corrected chi connectivity index (χ4v) is 9.50. The van der Waals surface area contributed by atoms with Gasteiger partial charge in [0.15, 0.2) is 0 Å². The minimum Gasteiger partial charge on any atom is -0.371 e. The van der Waals surface area contributed by atoms with Crippen molar-refractivity contribution in [1.82, 2.24) is 14.9 Å². The Bertz CT molecular complexity index is 2140. The Balaban J connectivity index is 0.948. The maximum absolute atomic E-state index is 14.3. The highest BCUT2D eigenvalue weighted by Gasteiger charge is 2.47. The molecule has 52 heavy (non-hydrogen) atoms. The SMILES string of the molecule is O=C(Cc1cc(C(F)(F)F)c2cc(N3CCC4(CC3)CC(Cc3c(-c5ccccc5C(F)(F)F)noc3C3CC3)C4)ccc2n1)NS(=O)(=O)C1CC1. The first-order chi connectivity index (χ1) is 24.6. The third-order valence-corrected chi connectivity index (χ3v) is 13.0. The number of halogens is 6. The van der Waals surface area contributed by atoms with E-state index >= 15 is 0 Å². The molecular formula is C37H36F6N4O4S. The van der Waals surface area contributed by atoms with Gasteiger partial charge >= 0.3 is 12.4 Å². The van der Waals surface area contributed by atoms with Crippen molar-refractivity contribution in [2.45, 2.75) is 87.7 Å². The molecule has 1 N–H and O–H groups in total. The van der Waals surface area contributed by atoms with E-state index in [1.54, 1.807) is 12.1 Å². The number of benzene rings is 2. The van der Waals surface area contributed by atoms with Crippen molar-refractivity contribution in [3.8, 4) is 11.3 Å². The van der Waals surface area contributed by atoms with Crippen molar-refractivity contribution in [2.75, 3.05) is 18.0 Å². The number of rotatable bonds is 9. The molecule has 3 aliphatic carbocycles. The number of nitrogens with zero attached hydrogens (tertiary/aromatic N) is 3. The van der Waals surface area contributed by atoms with Crippen LogP contribution in [0.5, 0.6) is 0 Å². The van der Waals surface area contributed by atoms with E-state index in [9.17, 15) is 39.6 Å². The molecule has 1 spiro atoms. The van der Waals surface area contributed by atoms with Crippen LogP contribution in [0.3, 0.4) is 0 Å². The van der Waals surface area contributed by atoms with Gasteiger partial charge in [0.2, 0.25) is 15.9 Å². The van der Waals surface area contributed by atoms with E-state index in [-0.39, 0.29) is 45.1 Å². The Morgan fingerprint density at radius 3 is 2.27 bits per heavy atom. The number of carbonyl (C=O) groups excluding carboxylic acids is 1. The lowest BCUT2D eigenvalue weighted by Crippen LogP contribution is -2.47. The van der Waals surface area contributed by atoms with Crippen LogP contribution in [-0.4, -0.2) is 42.8 Å². The number of sulfonamides is 1. The highest BCUT2D eigenvalue weighted by atomic mass is 32.2. The van der Waals surface area contributed by atoms with E-state index in [1.165, 1.54) is 24.3 Å². The molecule has 0 radical (unpaired) electrons. The summed E-state index contributed by atoms with van der Waals surface area (Å²) in [4.78, 5) is 18.7. The number of alkyl halides is 6. The molecule has 4 aromatic rings. The molecule has 2 aromatic heterocycles. The molecule has 0 unspecified atom stereocenters. The predicted octanol–water partition coefficient (Wildman–Crippen LogP) is 8.20. The lowest BCUT2D eigenvalue weighted by atomic mass is 9.56. The van der Waals surface area contributed by atoms with Crippen molar-refractivity contribution in [3.63, 3.8) is 0 Å². The number of hydrogen-bond acceptors (Lipinski definition) is 7. The summed E-state index contributed by atoms with van der Waals surface area (Å²) in [5, 5.41) is 3.41. The summed E-state index contributed by atoms with van der Waals surface area (Å²) in [6.45, 7) is 1.26. The zero-order valence-corrected chi connectivity index (χ0v) is 28.8. The standard InChI is InChI=1S/C37H36F6N4O4S/c38-36(39,40)29-4-2-1-3-26(29)33-28(34(51-45-33)22-5-6-22)15-21-19-35(20-21)11-13-47(14-12-35)24-7-10-31-27(18-24)30(37(41,42)43)16-23(44-31)17-32(48)46-52(49,50)25-8-9-25/h1-4,7,10,16,18,21-22,25H,5-6,8-9,11-15,17,19-20H2,(H,46,48). The van der Waals surface area contributed by atoms with Gasteiger partial charge in [-0.05, 0) is 99.5 Å². The number of hydrogen-bond donors (Lipinski definition) is 1. The molecule has 1 saturated heterocycles. The zero-order valence-electron chi connectivity index (χ0n) is 28.0. The monoisotopic (exact) mass is 746 g/mol. The van der Waals surface area contributed by atoms with Crippen LogP contribution in [0.15, 0.2) is 53.1 Å². The molecule has 2 aromatic carbocycles. The maximum Gasteiger partial charge on any atom is 0.417 e. The lowest BCUT2D eigenvalue weighted by Gasteiger charge is -2.53. The van der Waals surface area contributed by atoms with Crippen LogP contribution in [-0.2, 0) is 40.0 Å². The predicted molar refractivity (Wildman–Crippen MR) is 180 cm³/mol. The van der Waals surface area contributed by atoms with Gasteiger partial charge in [-0.1, -0.05) is 23.4 Å². The summed E-state index contributed by atoms with van der Waals surface area (Å²) >= 11 is 0. The third kappa shape index (κ3) is 6.88. The average molecular weight is 747 g/mol. The molecule has 4 aliphatic rings. The molecule has 8 nitrogen and oxygen atoms in total. The van der Waals surface area contributed by atoms with Crippen molar-refractivity contribution < 1.29 is 44.1 Å². The summed E-state index contributed by atoms with van der Waals surface area (Å²) in [6, 6.07) is 11.0. The lowest BCUT2D eigenvalue weighted by molar-refractivity contribution is -0.137. The Labute approximate surface area is 296 Å². The second-order valence-corrected chi connectivity index (χ2v) is 16.9. The second-order valence-electron chi connectivity index (χ2n) is 15.0. The topological polar surface area (TPSA) is 105 Å². The van der Waals surface area contributed by atoms with Crippen molar-refractivity contribution in [3.05, 3.63) is 76.7 Å². The Morgan fingerprint density at radius 2 is 1.62 bits per heavy atom. The molecule has 3 heterocycles. The summed E-state index contributed by atoms with van der Waals surface area (Å²) in [5.41, 5.74) is -0.0532. The zero-order chi connectivity index (χ0) is 36.6. The smallest absolute Gasteiger partial charge is 0.371 e. The number of fused-ring (bicyclic) bond motifs is 1. The number of carbonyl (C=O) groups is 1. The van der Waals surface area contributed by atoms with Crippen molar-refractivity contribution in [2.24, 2.45) is 11.3 Å². The van der Waals surface area contributed by atoms with E-state index in [4.69, 9.17) is 4.52 Å². The second kappa shape index (κ2) is 12.5. The van der Waals surface area contributed by atoms with E-state index < -0.39 is 51.1 Å². The Morgan fingerprint density at radius 1 is 0.923 bits per heavy atom. The Hall–Kier alpha value is -4.14. The highest BCUT2D eigenvalue weighted by molar-refractivity contribution is 7.90. The molecule has 1 aliphatic heterocycles. The first-order valence-electron chi connectivity index (χ1n) is 17.5. The van der Waals surface area contributed by atoms with Gasteiger partial charge in [0.1, 0.15) is 11.5 Å². The van der Waals surface area contributed by atoms with Gasteiger partial charge in [-0.2, -0.15) is 26.3 Å². The van der Waals surface area contributed by atoms with Crippen LogP contribution < -0.4 is 9.62 Å². The molecular weight excluding hydrogens is 710 g/mol. The van der Waals surface area contributed by atoms with Crippen LogP contribution in [0.25, 0.3) is 22.2 Å². The first-order valence-corrected chi connectivity index (χ1v) is 19.1. The summed E-state index contributed by atoms with van der Waals surface area (Å²) < 4.78 is 116. The number of pyridine rings is 1. The maximum atomic E-state index is 14.3. The summed E-state index contributed by atoms with van der Waals surface area (Å²) in [7, 11) is -3.84. The van der Waals surface area contributed by atoms with Gasteiger partial charge < -0.3 is 9.42 Å². The van der Waals surface area contributed by atoms with Crippen molar-refractivity contribution >= 4 is 32.5 Å². The number of aromatic nitrogens is 2. The molecule has 8 rings (SSSR count). The van der Waals surface area contributed by atoms with Gasteiger partial charge in [-0.25, -0.2) is 8.42 Å². The molecule has 276 valence electrons. The number of amides is 1. The van der Waals surface area contributed by atoms with E-state index in [0.29, 0.717) is 43.8 Å². The quantitative estimate of drug-likeness (QED) is 0.172. The largest absolute Gasteiger partial charge is 0.417 e. The van der Waals surface area contributed by atoms with Crippen molar-refractivity contribution in [1.29, 1.82) is 0 Å². The van der Waals surface area contributed by atoms with E-state index in [1.807, 2.05) is 4.72 Å². The van der Waals surface area contributed by atoms with Gasteiger partial charge in [0, 0.05) is 41.2 Å². The van der Waals surface area contributed by atoms with E-state index in [0.717, 1.165) is 56.2 Å². The fraction of sp³-hybridized carbons (Fsp3) is 0.486. The van der Waals surface area contributed by atoms with E-state index in [2.05, 4.69) is 15.0 Å². The molecule has 15 heteroatoms. The summed E-state index contributed by atoms with van der Waals surface area (Å²) in [6.07, 6.45) is -3.12. The number of piperidine rings is 1. The van der Waals surface area contributed by atoms with Crippen LogP contribution >= 0.6 is 0 Å². The van der Waals surface area contributed by atoms with Crippen LogP contribution in [0.4, 0.5) is 32.0 Å². The van der Waals surface area contributed by atoms with Crippen LogP contribution in [0, 0.1) is 11.3 Å². The van der Waals surface area contributed by atoms with Crippen LogP contribution in [0.1, 0.15) is 85.4 Å². The summed E-state index contributed by atoms with van der Waals surface area (Å²) in [5.74, 6) is 0.208. The molecule has 4 fully saturated rings. The Kier molecular flexibility index (Phi) is 8.38. The molecule has 0 bridgehead atoms. The minimum atomic E-state index is -4.74. The average Bonchev–Trinajstić information content (AvgIpc) is 4.01. The van der Waals surface area contributed by atoms with Gasteiger partial charge in [-0.15, -0.1) is 0 Å². The molecule has 3 saturated carbocycles. The highest BCUT2D eigenvalue weighted by Crippen LogP contribution is 2.55. The first kappa shape index (κ1) is 34.9. The normalized spacial score (nSPS) is 19.6. The molecule has 0 atom stereocenters. The fourth-order valence-electron chi connectivity index (χ4n) is 8.19. The van der Waals surface area contributed by atoms with Gasteiger partial charge in [-0.3, -0.25) is 14.5 Å².